The number of carbonyl (C=O) groups is 1. The molecule has 0 saturated carbocycles. The molecule has 3 rings (SSSR count). The number of hydrogen-bond donors (Lipinski definition) is 2. The molecule has 0 bridgehead atoms. The van der Waals surface area contributed by atoms with Gasteiger partial charge < -0.3 is 25.3 Å². The van der Waals surface area contributed by atoms with Crippen LogP contribution in [0.15, 0.2) is 30.5 Å². The van der Waals surface area contributed by atoms with Gasteiger partial charge in [0.25, 0.3) is 0 Å². The Kier molecular flexibility index (Phi) is 4.62. The molecule has 1 aromatic carbocycles. The zero-order chi connectivity index (χ0) is 18.0. The van der Waals surface area contributed by atoms with Gasteiger partial charge in [-0.3, -0.25) is 4.98 Å². The number of aromatic nitrogens is 1. The molecule has 0 unspecified atom stereocenters. The smallest absolute Gasteiger partial charge is 0.350 e. The van der Waals surface area contributed by atoms with Crippen LogP contribution in [0.25, 0.3) is 10.2 Å². The van der Waals surface area contributed by atoms with Crippen LogP contribution in [0.3, 0.4) is 0 Å². The molecule has 2 aromatic heterocycles. The summed E-state index contributed by atoms with van der Waals surface area (Å²) in [6.07, 6.45) is 1.66. The number of nitrogens with two attached hydrogens (primary N) is 1. The number of methoxy groups -OCH3 is 3. The van der Waals surface area contributed by atoms with Crippen molar-refractivity contribution in [1.29, 1.82) is 0 Å². The average molecular weight is 359 g/mol. The minimum Gasteiger partial charge on any atom is -0.493 e. The predicted molar refractivity (Wildman–Crippen MR) is 98.2 cm³/mol. The molecule has 0 atom stereocenters. The average Bonchev–Trinajstić information content (AvgIpc) is 2.97. The Morgan fingerprint density at radius 2 is 1.88 bits per heavy atom. The molecule has 0 fully saturated rings. The van der Waals surface area contributed by atoms with Crippen molar-refractivity contribution in [3.05, 3.63) is 35.3 Å². The number of nitrogen functional groups attached to an aromatic ring is 1. The van der Waals surface area contributed by atoms with Crippen LogP contribution in [-0.4, -0.2) is 32.3 Å². The summed E-state index contributed by atoms with van der Waals surface area (Å²) in [4.78, 5) is 16.5. The van der Waals surface area contributed by atoms with E-state index in [1.807, 2.05) is 24.3 Å². The van der Waals surface area contributed by atoms with E-state index < -0.39 is 5.97 Å². The number of ether oxygens (including phenoxy) is 3. The summed E-state index contributed by atoms with van der Waals surface area (Å²) < 4.78 is 16.1. The van der Waals surface area contributed by atoms with Crippen LogP contribution in [0, 0.1) is 0 Å². The summed E-state index contributed by atoms with van der Waals surface area (Å²) in [6, 6.07) is 7.39. The third-order valence-corrected chi connectivity index (χ3v) is 4.73. The van der Waals surface area contributed by atoms with Gasteiger partial charge in [-0.1, -0.05) is 0 Å². The fraction of sp³-hybridized carbons (Fsp3) is 0.176. The van der Waals surface area contributed by atoms with E-state index in [4.69, 9.17) is 19.9 Å². The molecule has 7 nitrogen and oxygen atoms in total. The topological polar surface area (TPSA) is 95.7 Å². The normalized spacial score (nSPS) is 10.5. The van der Waals surface area contributed by atoms with Crippen molar-refractivity contribution in [2.75, 3.05) is 32.4 Å². The highest BCUT2D eigenvalue weighted by Crippen LogP contribution is 2.35. The first-order chi connectivity index (χ1) is 12.1. The van der Waals surface area contributed by atoms with E-state index in [1.165, 1.54) is 18.4 Å². The molecule has 0 spiro atoms. The lowest BCUT2D eigenvalue weighted by atomic mass is 10.2. The number of nitrogens with one attached hydrogen (secondary N) is 1. The molecule has 0 aliphatic carbocycles. The number of thiophene rings is 1. The Morgan fingerprint density at radius 3 is 2.56 bits per heavy atom. The molecule has 8 heteroatoms. The second kappa shape index (κ2) is 6.86. The van der Waals surface area contributed by atoms with Gasteiger partial charge in [0.2, 0.25) is 0 Å². The molecule has 0 aliphatic heterocycles. The number of esters is 1. The van der Waals surface area contributed by atoms with Gasteiger partial charge in [-0.25, -0.2) is 4.79 Å². The van der Waals surface area contributed by atoms with E-state index in [0.29, 0.717) is 27.6 Å². The van der Waals surface area contributed by atoms with Gasteiger partial charge in [-0.15, -0.1) is 11.3 Å². The standard InChI is InChI=1S/C17H17N3O4S/c1-22-11-5-4-9(6-12(11)23-2)20-10-7-13-15(19-8-10)14(18)16(25-13)17(21)24-3/h4-8,20H,18H2,1-3H3. The van der Waals surface area contributed by atoms with Crippen molar-refractivity contribution in [1.82, 2.24) is 4.98 Å². The summed E-state index contributed by atoms with van der Waals surface area (Å²) >= 11 is 1.25. The van der Waals surface area contributed by atoms with E-state index in [9.17, 15) is 4.79 Å². The lowest BCUT2D eigenvalue weighted by molar-refractivity contribution is 0.0607. The number of nitrogens with zero attached hydrogens (tertiary/aromatic N) is 1. The third kappa shape index (κ3) is 3.16. The van der Waals surface area contributed by atoms with Crippen molar-refractivity contribution in [3.8, 4) is 11.5 Å². The Balaban J connectivity index is 1.93. The first-order valence-electron chi connectivity index (χ1n) is 7.32. The van der Waals surface area contributed by atoms with Gasteiger partial charge in [0, 0.05) is 11.8 Å². The highest BCUT2D eigenvalue weighted by atomic mass is 32.1. The summed E-state index contributed by atoms with van der Waals surface area (Å²) in [5.74, 6) is 0.806. The third-order valence-electron chi connectivity index (χ3n) is 3.61. The van der Waals surface area contributed by atoms with Gasteiger partial charge in [0.1, 0.15) is 10.4 Å². The number of pyridine rings is 1. The molecule has 0 aliphatic rings. The summed E-state index contributed by atoms with van der Waals surface area (Å²) in [5, 5.41) is 3.25. The second-order valence-corrected chi connectivity index (χ2v) is 6.15. The Bertz CT molecular complexity index is 939. The number of benzene rings is 1. The number of carbonyl (C=O) groups excluding carboxylic acids is 1. The van der Waals surface area contributed by atoms with Crippen LogP contribution in [0.1, 0.15) is 9.67 Å². The van der Waals surface area contributed by atoms with Crippen LogP contribution in [0.4, 0.5) is 17.1 Å². The predicted octanol–water partition coefficient (Wildman–Crippen LogP) is 3.43. The van der Waals surface area contributed by atoms with Crippen LogP contribution in [-0.2, 0) is 4.74 Å². The molecule has 0 saturated heterocycles. The summed E-state index contributed by atoms with van der Waals surface area (Å²) in [7, 11) is 4.49. The molecule has 0 amide bonds. The zero-order valence-corrected chi connectivity index (χ0v) is 14.8. The van der Waals surface area contributed by atoms with Gasteiger partial charge in [0.05, 0.1) is 43.6 Å². The Labute approximate surface area is 148 Å². The molecular weight excluding hydrogens is 342 g/mol. The highest BCUT2D eigenvalue weighted by Gasteiger charge is 2.18. The first-order valence-corrected chi connectivity index (χ1v) is 8.14. The lowest BCUT2D eigenvalue weighted by Gasteiger charge is -2.11. The lowest BCUT2D eigenvalue weighted by Crippen LogP contribution is -2.01. The van der Waals surface area contributed by atoms with E-state index in [1.54, 1.807) is 20.4 Å². The first kappa shape index (κ1) is 16.8. The van der Waals surface area contributed by atoms with Crippen molar-refractivity contribution < 1.29 is 19.0 Å². The molecule has 0 radical (unpaired) electrons. The van der Waals surface area contributed by atoms with Gasteiger partial charge >= 0.3 is 5.97 Å². The summed E-state index contributed by atoms with van der Waals surface area (Å²) in [6.45, 7) is 0. The van der Waals surface area contributed by atoms with Crippen molar-refractivity contribution in [3.63, 3.8) is 0 Å². The van der Waals surface area contributed by atoms with Crippen LogP contribution < -0.4 is 20.5 Å². The second-order valence-electron chi connectivity index (χ2n) is 5.10. The Morgan fingerprint density at radius 1 is 1.12 bits per heavy atom. The van der Waals surface area contributed by atoms with Crippen LogP contribution in [0.2, 0.25) is 0 Å². The quantitative estimate of drug-likeness (QED) is 0.674. The van der Waals surface area contributed by atoms with Gasteiger partial charge in [0.15, 0.2) is 11.5 Å². The number of hydrogen-bond acceptors (Lipinski definition) is 8. The molecule has 25 heavy (non-hydrogen) atoms. The molecule has 3 aromatic rings. The number of fused-ring (bicyclic) bond motifs is 1. The largest absolute Gasteiger partial charge is 0.493 e. The highest BCUT2D eigenvalue weighted by molar-refractivity contribution is 7.21. The monoisotopic (exact) mass is 359 g/mol. The molecule has 3 N–H and O–H groups in total. The molecular formula is C17H17N3O4S. The van der Waals surface area contributed by atoms with E-state index in [2.05, 4.69) is 10.3 Å². The van der Waals surface area contributed by atoms with E-state index in [0.717, 1.165) is 16.1 Å². The number of anilines is 3. The van der Waals surface area contributed by atoms with Crippen LogP contribution in [0.5, 0.6) is 11.5 Å². The Hall–Kier alpha value is -3.00. The number of rotatable bonds is 5. The van der Waals surface area contributed by atoms with Crippen molar-refractivity contribution in [2.24, 2.45) is 0 Å². The maximum absolute atomic E-state index is 11.7. The van der Waals surface area contributed by atoms with Crippen molar-refractivity contribution in [2.45, 2.75) is 0 Å². The minimum atomic E-state index is -0.463. The maximum Gasteiger partial charge on any atom is 0.350 e. The SMILES string of the molecule is COC(=O)c1sc2cc(Nc3ccc(OC)c(OC)c3)cnc2c1N. The summed E-state index contributed by atoms with van der Waals surface area (Å²) in [5.41, 5.74) is 8.49. The fourth-order valence-corrected chi connectivity index (χ4v) is 3.43. The van der Waals surface area contributed by atoms with Gasteiger partial charge in [-0.05, 0) is 18.2 Å². The van der Waals surface area contributed by atoms with Gasteiger partial charge in [-0.2, -0.15) is 0 Å². The van der Waals surface area contributed by atoms with E-state index >= 15 is 0 Å². The maximum atomic E-state index is 11.7. The minimum absolute atomic E-state index is 0.338. The fourth-order valence-electron chi connectivity index (χ4n) is 2.39. The molecule has 130 valence electrons. The molecule has 2 heterocycles. The zero-order valence-electron chi connectivity index (χ0n) is 14.0. The van der Waals surface area contributed by atoms with Crippen molar-refractivity contribution >= 4 is 44.6 Å². The van der Waals surface area contributed by atoms with E-state index in [-0.39, 0.29) is 0 Å². The van der Waals surface area contributed by atoms with Crippen LogP contribution >= 0.6 is 11.3 Å².